The zero-order valence-corrected chi connectivity index (χ0v) is 19.0. The minimum Gasteiger partial charge on any atom is -0.396 e. The Morgan fingerprint density at radius 3 is 2.36 bits per heavy atom. The molecule has 4 rings (SSSR count). The van der Waals surface area contributed by atoms with E-state index in [0.717, 1.165) is 60.7 Å². The molecule has 0 saturated heterocycles. The molecule has 0 aromatic rings. The summed E-state index contributed by atoms with van der Waals surface area (Å²) in [6, 6.07) is 0. The van der Waals surface area contributed by atoms with E-state index in [9.17, 15) is 10.2 Å². The lowest BCUT2D eigenvalue weighted by Crippen LogP contribution is -2.56. The predicted molar refractivity (Wildman–Crippen MR) is 116 cm³/mol. The first-order valence-corrected chi connectivity index (χ1v) is 12.6. The van der Waals surface area contributed by atoms with Crippen LogP contribution in [0.4, 0.5) is 0 Å². The molecule has 28 heavy (non-hydrogen) atoms. The Hall–Kier alpha value is -0.0800. The van der Waals surface area contributed by atoms with Crippen LogP contribution in [0.5, 0.6) is 0 Å². The molecule has 0 radical (unpaired) electrons. The summed E-state index contributed by atoms with van der Waals surface area (Å²) in [7, 11) is 0. The van der Waals surface area contributed by atoms with Gasteiger partial charge in [0.05, 0.1) is 6.10 Å². The van der Waals surface area contributed by atoms with Crippen LogP contribution < -0.4 is 0 Å². The smallest absolute Gasteiger partial charge is 0.0543 e. The van der Waals surface area contributed by atoms with Crippen LogP contribution in [-0.4, -0.2) is 22.9 Å². The fraction of sp³-hybridized carbons (Fsp3) is 1.00. The van der Waals surface area contributed by atoms with Crippen LogP contribution in [0.2, 0.25) is 0 Å². The monoisotopic (exact) mass is 390 g/mol. The molecule has 2 nitrogen and oxygen atoms in total. The van der Waals surface area contributed by atoms with Gasteiger partial charge in [-0.3, -0.25) is 0 Å². The fourth-order valence-corrected chi connectivity index (χ4v) is 9.52. The largest absolute Gasteiger partial charge is 0.396 e. The van der Waals surface area contributed by atoms with Gasteiger partial charge in [-0.15, -0.1) is 0 Å². The molecular weight excluding hydrogens is 344 g/mol. The van der Waals surface area contributed by atoms with Crippen molar-refractivity contribution < 1.29 is 10.2 Å². The first-order chi connectivity index (χ1) is 13.3. The van der Waals surface area contributed by atoms with E-state index in [1.165, 1.54) is 51.4 Å². The van der Waals surface area contributed by atoms with Gasteiger partial charge in [-0.2, -0.15) is 0 Å². The van der Waals surface area contributed by atoms with Crippen LogP contribution in [0.25, 0.3) is 0 Å². The lowest BCUT2D eigenvalue weighted by molar-refractivity contribution is -0.152. The molecule has 162 valence electrons. The molecule has 4 aliphatic rings. The molecule has 2 heteroatoms. The van der Waals surface area contributed by atoms with Crippen molar-refractivity contribution in [2.24, 2.45) is 52.3 Å². The van der Waals surface area contributed by atoms with Crippen molar-refractivity contribution in [2.45, 2.75) is 104 Å². The van der Waals surface area contributed by atoms with Gasteiger partial charge in [-0.1, -0.05) is 34.1 Å². The first-order valence-electron chi connectivity index (χ1n) is 12.6. The van der Waals surface area contributed by atoms with Crippen LogP contribution in [-0.2, 0) is 0 Å². The lowest BCUT2D eigenvalue weighted by Gasteiger charge is -2.63. The predicted octanol–water partition coefficient (Wildman–Crippen LogP) is 6.05. The highest BCUT2D eigenvalue weighted by atomic mass is 16.3. The van der Waals surface area contributed by atoms with Crippen LogP contribution in [0.3, 0.4) is 0 Å². The standard InChI is InChI=1S/C26H46O2/c1-5-18-15-20-22-9-8-21(17(2)7-6-14-27)25(22,3)13-11-23(20)26(4)12-10-19(28)16-24(18)26/h17-24,27-28H,5-16H2,1-4H3/t17-,18+,19+,20?,21-,22?,23?,24+,25-,26-/m1/s1. The third kappa shape index (κ3) is 3.20. The number of aliphatic hydroxyl groups excluding tert-OH is 2. The first kappa shape index (κ1) is 21.2. The van der Waals surface area contributed by atoms with Gasteiger partial charge in [0.2, 0.25) is 0 Å². The van der Waals surface area contributed by atoms with Gasteiger partial charge in [0.15, 0.2) is 0 Å². The van der Waals surface area contributed by atoms with E-state index >= 15 is 0 Å². The topological polar surface area (TPSA) is 40.5 Å². The summed E-state index contributed by atoms with van der Waals surface area (Å²) in [5, 5.41) is 19.7. The number of hydrogen-bond acceptors (Lipinski definition) is 2. The van der Waals surface area contributed by atoms with Crippen molar-refractivity contribution in [3.8, 4) is 0 Å². The summed E-state index contributed by atoms with van der Waals surface area (Å²) >= 11 is 0. The highest BCUT2D eigenvalue weighted by Crippen LogP contribution is 2.69. The third-order valence-electron chi connectivity index (χ3n) is 10.9. The normalized spacial score (nSPS) is 51.9. The maximum Gasteiger partial charge on any atom is 0.0543 e. The van der Waals surface area contributed by atoms with Gasteiger partial charge < -0.3 is 10.2 Å². The van der Waals surface area contributed by atoms with Crippen molar-refractivity contribution in [3.05, 3.63) is 0 Å². The van der Waals surface area contributed by atoms with Gasteiger partial charge in [-0.05, 0) is 116 Å². The van der Waals surface area contributed by atoms with Crippen molar-refractivity contribution in [2.75, 3.05) is 6.61 Å². The number of hydrogen-bond donors (Lipinski definition) is 2. The minimum absolute atomic E-state index is 0.0410. The number of fused-ring (bicyclic) bond motifs is 5. The highest BCUT2D eigenvalue weighted by Gasteiger charge is 2.62. The number of aliphatic hydroxyl groups is 2. The van der Waals surface area contributed by atoms with Crippen LogP contribution in [0.15, 0.2) is 0 Å². The fourth-order valence-electron chi connectivity index (χ4n) is 9.52. The average molecular weight is 391 g/mol. The van der Waals surface area contributed by atoms with E-state index < -0.39 is 0 Å². The van der Waals surface area contributed by atoms with E-state index in [0.29, 0.717) is 17.4 Å². The summed E-state index contributed by atoms with van der Waals surface area (Å²) < 4.78 is 0. The zero-order valence-electron chi connectivity index (χ0n) is 19.0. The molecule has 2 N–H and O–H groups in total. The van der Waals surface area contributed by atoms with Crippen molar-refractivity contribution in [3.63, 3.8) is 0 Å². The summed E-state index contributed by atoms with van der Waals surface area (Å²) in [5.41, 5.74) is 1.01. The Labute approximate surface area is 173 Å². The van der Waals surface area contributed by atoms with Crippen molar-refractivity contribution in [1.29, 1.82) is 0 Å². The molecule has 3 unspecified atom stereocenters. The van der Waals surface area contributed by atoms with Crippen LogP contribution in [0.1, 0.15) is 98.3 Å². The quantitative estimate of drug-likeness (QED) is 0.600. The SMILES string of the molecule is CC[C@H]1CC2C3CC[C@H]([C@H](C)CCCO)[C@@]3(C)CCC2[C@@]2(C)CC[C@H](O)C[C@@H]12. The molecular formula is C26H46O2. The van der Waals surface area contributed by atoms with E-state index in [1.807, 2.05) is 0 Å². The van der Waals surface area contributed by atoms with Gasteiger partial charge >= 0.3 is 0 Å². The van der Waals surface area contributed by atoms with Gasteiger partial charge in [0.1, 0.15) is 0 Å². The summed E-state index contributed by atoms with van der Waals surface area (Å²) in [5.74, 6) is 5.96. The Morgan fingerprint density at radius 2 is 1.64 bits per heavy atom. The molecule has 0 amide bonds. The molecule has 0 heterocycles. The van der Waals surface area contributed by atoms with Gasteiger partial charge in [0.25, 0.3) is 0 Å². The Kier molecular flexibility index (Phi) is 5.95. The maximum atomic E-state index is 10.4. The Balaban J connectivity index is 1.58. The van der Waals surface area contributed by atoms with Gasteiger partial charge in [0, 0.05) is 6.61 Å². The number of rotatable bonds is 5. The molecule has 0 spiro atoms. The summed E-state index contributed by atoms with van der Waals surface area (Å²) in [4.78, 5) is 0. The molecule has 0 aromatic heterocycles. The summed E-state index contributed by atoms with van der Waals surface area (Å²) in [6.45, 7) is 10.5. The van der Waals surface area contributed by atoms with Gasteiger partial charge in [-0.25, -0.2) is 0 Å². The van der Waals surface area contributed by atoms with Crippen LogP contribution >= 0.6 is 0 Å². The Bertz CT molecular complexity index is 547. The zero-order chi connectivity index (χ0) is 20.1. The van der Waals surface area contributed by atoms with Crippen LogP contribution in [0, 0.1) is 52.3 Å². The molecule has 0 aromatic carbocycles. The van der Waals surface area contributed by atoms with E-state index in [1.54, 1.807) is 0 Å². The highest BCUT2D eigenvalue weighted by molar-refractivity contribution is 5.11. The van der Waals surface area contributed by atoms with E-state index in [2.05, 4.69) is 27.7 Å². The maximum absolute atomic E-state index is 10.4. The molecule has 4 fully saturated rings. The molecule has 0 aliphatic heterocycles. The molecule has 4 aliphatic carbocycles. The van der Waals surface area contributed by atoms with Crippen molar-refractivity contribution >= 4 is 0 Å². The third-order valence-corrected chi connectivity index (χ3v) is 10.9. The molecule has 0 bridgehead atoms. The van der Waals surface area contributed by atoms with Crippen molar-refractivity contribution in [1.82, 2.24) is 0 Å². The van der Waals surface area contributed by atoms with E-state index in [-0.39, 0.29) is 6.10 Å². The Morgan fingerprint density at radius 1 is 0.929 bits per heavy atom. The second-order valence-electron chi connectivity index (χ2n) is 11.9. The molecule has 10 atom stereocenters. The minimum atomic E-state index is -0.0410. The molecule has 4 saturated carbocycles. The lowest BCUT2D eigenvalue weighted by atomic mass is 9.42. The summed E-state index contributed by atoms with van der Waals surface area (Å²) in [6.07, 6.45) is 14.0. The van der Waals surface area contributed by atoms with E-state index in [4.69, 9.17) is 0 Å². The second kappa shape index (κ2) is 7.88. The second-order valence-corrected chi connectivity index (χ2v) is 11.9. The average Bonchev–Trinajstić information content (AvgIpc) is 3.03.